The van der Waals surface area contributed by atoms with Crippen LogP contribution in [0.3, 0.4) is 0 Å². The zero-order chi connectivity index (χ0) is 13.4. The van der Waals surface area contributed by atoms with Crippen molar-refractivity contribution in [3.8, 4) is 0 Å². The zero-order valence-electron chi connectivity index (χ0n) is 10.3. The number of rotatable bonds is 2. The molecule has 0 fully saturated rings. The summed E-state index contributed by atoms with van der Waals surface area (Å²) in [4.78, 5) is 13.4. The molecule has 1 aliphatic heterocycles. The Morgan fingerprint density at radius 2 is 2.06 bits per heavy atom. The molecule has 0 aromatic heterocycles. The molecule has 5 heteroatoms. The lowest BCUT2D eigenvalue weighted by atomic mass is 10.1. The maximum atomic E-state index is 13.3. The molecule has 2 rings (SSSR count). The molecule has 18 heavy (non-hydrogen) atoms. The zero-order valence-corrected chi connectivity index (χ0v) is 10.3. The summed E-state index contributed by atoms with van der Waals surface area (Å²) in [6, 6.07) is 1.63. The van der Waals surface area contributed by atoms with Crippen LogP contribution in [0.2, 0.25) is 0 Å². The fourth-order valence-corrected chi connectivity index (χ4v) is 1.96. The van der Waals surface area contributed by atoms with Crippen LogP contribution in [0.15, 0.2) is 24.3 Å². The lowest BCUT2D eigenvalue weighted by Crippen LogP contribution is -2.46. The predicted octanol–water partition coefficient (Wildman–Crippen LogP) is 2.69. The van der Waals surface area contributed by atoms with Crippen molar-refractivity contribution < 1.29 is 13.6 Å². The number of amides is 1. The van der Waals surface area contributed by atoms with Gasteiger partial charge in [0.15, 0.2) is 11.6 Å². The van der Waals surface area contributed by atoms with Crippen molar-refractivity contribution in [2.75, 3.05) is 16.8 Å². The summed E-state index contributed by atoms with van der Waals surface area (Å²) >= 11 is 0. The Labute approximate surface area is 104 Å². The standard InChI is InChI=1S/C13H14F2N2O/c1-7(2)6-17-12-5-10(15)9(14)4-11(12)16-8(3)13(17)18/h4-5,8,16H,1,6H2,2-3H3. The highest BCUT2D eigenvalue weighted by atomic mass is 19.2. The molecule has 0 spiro atoms. The van der Waals surface area contributed by atoms with Crippen LogP contribution in [0.5, 0.6) is 0 Å². The van der Waals surface area contributed by atoms with Crippen molar-refractivity contribution in [1.82, 2.24) is 0 Å². The smallest absolute Gasteiger partial charge is 0.249 e. The second-order valence-electron chi connectivity index (χ2n) is 4.53. The van der Waals surface area contributed by atoms with E-state index in [1.165, 1.54) is 4.90 Å². The molecule has 0 bridgehead atoms. The van der Waals surface area contributed by atoms with E-state index in [2.05, 4.69) is 11.9 Å². The van der Waals surface area contributed by atoms with Crippen LogP contribution in [0.25, 0.3) is 0 Å². The number of benzene rings is 1. The van der Waals surface area contributed by atoms with E-state index in [1.807, 2.05) is 0 Å². The highest BCUT2D eigenvalue weighted by Gasteiger charge is 2.30. The molecule has 1 N–H and O–H groups in total. The number of hydrogen-bond donors (Lipinski definition) is 1. The Bertz CT molecular complexity index is 528. The molecule has 1 aromatic rings. The predicted molar refractivity (Wildman–Crippen MR) is 66.6 cm³/mol. The fourth-order valence-electron chi connectivity index (χ4n) is 1.96. The summed E-state index contributed by atoms with van der Waals surface area (Å²) in [7, 11) is 0. The van der Waals surface area contributed by atoms with Crippen molar-refractivity contribution >= 4 is 17.3 Å². The minimum atomic E-state index is -0.968. The van der Waals surface area contributed by atoms with Gasteiger partial charge in [-0.1, -0.05) is 12.2 Å². The summed E-state index contributed by atoms with van der Waals surface area (Å²) in [5.41, 5.74) is 1.54. The number of carbonyl (C=O) groups excluding carboxylic acids is 1. The van der Waals surface area contributed by atoms with Crippen LogP contribution in [0.4, 0.5) is 20.2 Å². The monoisotopic (exact) mass is 252 g/mol. The average Bonchev–Trinajstić information content (AvgIpc) is 2.28. The lowest BCUT2D eigenvalue weighted by molar-refractivity contribution is -0.119. The molecule has 0 radical (unpaired) electrons. The van der Waals surface area contributed by atoms with Gasteiger partial charge in [0.25, 0.3) is 0 Å². The van der Waals surface area contributed by atoms with E-state index in [0.717, 1.165) is 17.7 Å². The second kappa shape index (κ2) is 4.40. The van der Waals surface area contributed by atoms with Gasteiger partial charge in [0, 0.05) is 18.7 Å². The van der Waals surface area contributed by atoms with Gasteiger partial charge in [0.2, 0.25) is 5.91 Å². The second-order valence-corrected chi connectivity index (χ2v) is 4.53. The van der Waals surface area contributed by atoms with Crippen LogP contribution in [0, 0.1) is 11.6 Å². The molecule has 96 valence electrons. The molecule has 1 aromatic carbocycles. The molecule has 0 saturated heterocycles. The minimum absolute atomic E-state index is 0.184. The minimum Gasteiger partial charge on any atom is -0.372 e. The van der Waals surface area contributed by atoms with Gasteiger partial charge in [-0.25, -0.2) is 8.78 Å². The Morgan fingerprint density at radius 1 is 1.44 bits per heavy atom. The number of nitrogens with one attached hydrogen (secondary N) is 1. The van der Waals surface area contributed by atoms with Gasteiger partial charge < -0.3 is 10.2 Å². The third kappa shape index (κ3) is 2.08. The van der Waals surface area contributed by atoms with Crippen LogP contribution in [-0.4, -0.2) is 18.5 Å². The van der Waals surface area contributed by atoms with Crippen molar-refractivity contribution in [1.29, 1.82) is 0 Å². The molecule has 0 aliphatic carbocycles. The maximum absolute atomic E-state index is 13.3. The quantitative estimate of drug-likeness (QED) is 0.821. The summed E-state index contributed by atoms with van der Waals surface area (Å²) in [6.45, 7) is 7.49. The van der Waals surface area contributed by atoms with E-state index >= 15 is 0 Å². The first-order valence-corrected chi connectivity index (χ1v) is 5.61. The molecule has 1 amide bonds. The summed E-state index contributed by atoms with van der Waals surface area (Å²) in [6.07, 6.45) is 0. The van der Waals surface area contributed by atoms with E-state index in [1.54, 1.807) is 13.8 Å². The van der Waals surface area contributed by atoms with Crippen LogP contribution >= 0.6 is 0 Å². The molecule has 1 heterocycles. The number of fused-ring (bicyclic) bond motifs is 1. The van der Waals surface area contributed by atoms with Crippen molar-refractivity contribution in [3.05, 3.63) is 35.9 Å². The summed E-state index contributed by atoms with van der Waals surface area (Å²) in [5.74, 6) is -2.08. The summed E-state index contributed by atoms with van der Waals surface area (Å²) in [5, 5.41) is 2.85. The van der Waals surface area contributed by atoms with Crippen LogP contribution < -0.4 is 10.2 Å². The molecule has 1 aliphatic rings. The highest BCUT2D eigenvalue weighted by Crippen LogP contribution is 2.33. The van der Waals surface area contributed by atoms with E-state index < -0.39 is 17.7 Å². The third-order valence-electron chi connectivity index (χ3n) is 2.77. The van der Waals surface area contributed by atoms with E-state index in [0.29, 0.717) is 17.9 Å². The molecule has 1 atom stereocenters. The Morgan fingerprint density at radius 3 is 2.67 bits per heavy atom. The van der Waals surface area contributed by atoms with E-state index in [-0.39, 0.29) is 5.91 Å². The SMILES string of the molecule is C=C(C)CN1C(=O)C(C)Nc2cc(F)c(F)cc21. The number of nitrogens with zero attached hydrogens (tertiary/aromatic N) is 1. The molecule has 1 unspecified atom stereocenters. The van der Waals surface area contributed by atoms with Gasteiger partial charge in [0.05, 0.1) is 11.4 Å². The Balaban J connectivity index is 2.51. The van der Waals surface area contributed by atoms with Crippen molar-refractivity contribution in [2.24, 2.45) is 0 Å². The van der Waals surface area contributed by atoms with Gasteiger partial charge in [0.1, 0.15) is 6.04 Å². The van der Waals surface area contributed by atoms with Crippen molar-refractivity contribution in [3.63, 3.8) is 0 Å². The van der Waals surface area contributed by atoms with E-state index in [9.17, 15) is 13.6 Å². The number of halogens is 2. The van der Waals surface area contributed by atoms with Gasteiger partial charge in [-0.2, -0.15) is 0 Å². The molecule has 0 saturated carbocycles. The van der Waals surface area contributed by atoms with Gasteiger partial charge in [-0.3, -0.25) is 4.79 Å². The molecule has 3 nitrogen and oxygen atoms in total. The first kappa shape index (κ1) is 12.5. The normalized spacial score (nSPS) is 18.3. The first-order valence-electron chi connectivity index (χ1n) is 5.61. The number of carbonyl (C=O) groups is 1. The lowest BCUT2D eigenvalue weighted by Gasteiger charge is -2.34. The summed E-state index contributed by atoms with van der Waals surface area (Å²) < 4.78 is 26.5. The molecular weight excluding hydrogens is 238 g/mol. The topological polar surface area (TPSA) is 32.3 Å². The van der Waals surface area contributed by atoms with Gasteiger partial charge >= 0.3 is 0 Å². The van der Waals surface area contributed by atoms with Gasteiger partial charge in [-0.05, 0) is 13.8 Å². The first-order chi connectivity index (χ1) is 8.40. The van der Waals surface area contributed by atoms with E-state index in [4.69, 9.17) is 0 Å². The van der Waals surface area contributed by atoms with Crippen LogP contribution in [-0.2, 0) is 4.79 Å². The Kier molecular flexibility index (Phi) is 3.07. The van der Waals surface area contributed by atoms with Crippen molar-refractivity contribution in [2.45, 2.75) is 19.9 Å². The maximum Gasteiger partial charge on any atom is 0.249 e. The largest absolute Gasteiger partial charge is 0.372 e. The highest BCUT2D eigenvalue weighted by molar-refractivity contribution is 6.04. The van der Waals surface area contributed by atoms with Gasteiger partial charge in [-0.15, -0.1) is 0 Å². The third-order valence-corrected chi connectivity index (χ3v) is 2.77. The fraction of sp³-hybridized carbons (Fsp3) is 0.308. The molecular formula is C13H14F2N2O. The number of hydrogen-bond acceptors (Lipinski definition) is 2. The Hall–Kier alpha value is -1.91. The van der Waals surface area contributed by atoms with Crippen LogP contribution in [0.1, 0.15) is 13.8 Å². The average molecular weight is 252 g/mol. The number of anilines is 2.